The van der Waals surface area contributed by atoms with Crippen molar-refractivity contribution in [3.63, 3.8) is 0 Å². The second-order valence-corrected chi connectivity index (χ2v) is 5.99. The summed E-state index contributed by atoms with van der Waals surface area (Å²) in [4.78, 5) is 16.8. The van der Waals surface area contributed by atoms with Crippen molar-refractivity contribution in [1.82, 2.24) is 15.0 Å². The van der Waals surface area contributed by atoms with Gasteiger partial charge >= 0.3 is 0 Å². The van der Waals surface area contributed by atoms with Crippen molar-refractivity contribution in [3.05, 3.63) is 18.1 Å². The lowest BCUT2D eigenvalue weighted by atomic mass is 10.1. The summed E-state index contributed by atoms with van der Waals surface area (Å²) >= 11 is 1.51. The van der Waals surface area contributed by atoms with Gasteiger partial charge in [-0.2, -0.15) is 15.0 Å². The van der Waals surface area contributed by atoms with Gasteiger partial charge in [-0.25, -0.2) is 0 Å². The maximum absolute atomic E-state index is 5.32. The summed E-state index contributed by atoms with van der Waals surface area (Å²) in [5.74, 6) is 2.25. The molecule has 0 amide bonds. The summed E-state index contributed by atoms with van der Waals surface area (Å²) in [5, 5.41) is 3.71. The van der Waals surface area contributed by atoms with Crippen LogP contribution in [0.3, 0.4) is 0 Å². The molecule has 2 aromatic rings. The van der Waals surface area contributed by atoms with Crippen LogP contribution in [0.2, 0.25) is 0 Å². The number of nitrogens with zero attached hydrogens (tertiary/aromatic N) is 4. The Morgan fingerprint density at radius 2 is 2.00 bits per heavy atom. The summed E-state index contributed by atoms with van der Waals surface area (Å²) in [5.41, 5.74) is 0. The molecular weight excluding hydrogens is 286 g/mol. The van der Waals surface area contributed by atoms with Crippen molar-refractivity contribution in [3.8, 4) is 0 Å². The lowest BCUT2D eigenvalue weighted by Crippen LogP contribution is -2.31. The molecule has 0 aromatic carbocycles. The third kappa shape index (κ3) is 3.29. The van der Waals surface area contributed by atoms with Crippen LogP contribution < -0.4 is 10.2 Å². The molecule has 7 heteroatoms. The zero-order valence-corrected chi connectivity index (χ0v) is 13.1. The minimum Gasteiger partial charge on any atom is -0.468 e. The predicted octanol–water partition coefficient (Wildman–Crippen LogP) is 2.96. The van der Waals surface area contributed by atoms with E-state index in [1.807, 2.05) is 20.0 Å². The number of anilines is 2. The number of hydrogen-bond acceptors (Lipinski definition) is 7. The first kappa shape index (κ1) is 14.2. The summed E-state index contributed by atoms with van der Waals surface area (Å²) in [6.45, 7) is 3.97. The maximum atomic E-state index is 5.32. The van der Waals surface area contributed by atoms with Crippen molar-refractivity contribution in [2.24, 2.45) is 0 Å². The monoisotopic (exact) mass is 305 g/mol. The van der Waals surface area contributed by atoms with E-state index in [1.165, 1.54) is 31.0 Å². The van der Waals surface area contributed by atoms with Gasteiger partial charge in [-0.3, -0.25) is 0 Å². The summed E-state index contributed by atoms with van der Waals surface area (Å²) in [6, 6.07) is 1.93. The Morgan fingerprint density at radius 3 is 2.67 bits per heavy atom. The summed E-state index contributed by atoms with van der Waals surface area (Å²) in [6.07, 6.45) is 5.37. The van der Waals surface area contributed by atoms with Crippen LogP contribution >= 0.6 is 11.8 Å². The molecule has 0 unspecified atom stereocenters. The lowest BCUT2D eigenvalue weighted by Gasteiger charge is -2.26. The van der Waals surface area contributed by atoms with Crippen LogP contribution in [0.5, 0.6) is 0 Å². The van der Waals surface area contributed by atoms with Crippen LogP contribution in [0.25, 0.3) is 0 Å². The van der Waals surface area contributed by atoms with Crippen molar-refractivity contribution in [2.75, 3.05) is 30.4 Å². The molecule has 1 saturated heterocycles. The second-order valence-electron chi connectivity index (χ2n) is 4.98. The number of furan rings is 1. The van der Waals surface area contributed by atoms with Gasteiger partial charge in [0.25, 0.3) is 0 Å². The molecule has 0 spiro atoms. The minimum absolute atomic E-state index is 0.606. The number of aryl methyl sites for hydroxylation is 1. The highest BCUT2D eigenvalue weighted by Crippen LogP contribution is 2.30. The fourth-order valence-electron chi connectivity index (χ4n) is 2.32. The van der Waals surface area contributed by atoms with Crippen molar-refractivity contribution in [2.45, 2.75) is 36.2 Å². The highest BCUT2D eigenvalue weighted by molar-refractivity contribution is 7.99. The van der Waals surface area contributed by atoms with E-state index in [1.54, 1.807) is 6.26 Å². The molecule has 0 saturated carbocycles. The molecule has 2 aromatic heterocycles. The van der Waals surface area contributed by atoms with Gasteiger partial charge in [0, 0.05) is 20.1 Å². The molecule has 0 radical (unpaired) electrons. The van der Waals surface area contributed by atoms with E-state index < -0.39 is 0 Å². The van der Waals surface area contributed by atoms with Crippen molar-refractivity contribution >= 4 is 23.7 Å². The fourth-order valence-corrected chi connectivity index (χ4v) is 3.09. The second kappa shape index (κ2) is 6.34. The molecule has 0 atom stereocenters. The normalized spacial score (nSPS) is 15.2. The quantitative estimate of drug-likeness (QED) is 0.931. The Bertz CT molecular complexity index is 609. The van der Waals surface area contributed by atoms with Crippen LogP contribution in [0.4, 0.5) is 11.9 Å². The molecule has 112 valence electrons. The van der Waals surface area contributed by atoms with Crippen LogP contribution in [0, 0.1) is 6.92 Å². The van der Waals surface area contributed by atoms with E-state index in [0.717, 1.165) is 29.7 Å². The summed E-state index contributed by atoms with van der Waals surface area (Å²) in [7, 11) is 1.83. The Balaban J connectivity index is 1.87. The van der Waals surface area contributed by atoms with Gasteiger partial charge in [0.05, 0.1) is 11.2 Å². The summed E-state index contributed by atoms with van der Waals surface area (Å²) < 4.78 is 5.32. The third-order valence-electron chi connectivity index (χ3n) is 3.48. The molecule has 3 heterocycles. The number of hydrogen-bond donors (Lipinski definition) is 1. The number of nitrogens with one attached hydrogen (secondary N) is 1. The van der Waals surface area contributed by atoms with Gasteiger partial charge in [0.1, 0.15) is 5.76 Å². The Hall–Kier alpha value is -1.76. The van der Waals surface area contributed by atoms with Crippen LogP contribution in [0.15, 0.2) is 26.8 Å². The van der Waals surface area contributed by atoms with Crippen LogP contribution in [-0.4, -0.2) is 35.1 Å². The van der Waals surface area contributed by atoms with Crippen LogP contribution in [-0.2, 0) is 0 Å². The van der Waals surface area contributed by atoms with Crippen molar-refractivity contribution in [1.29, 1.82) is 0 Å². The highest BCUT2D eigenvalue weighted by Gasteiger charge is 2.17. The Labute approximate surface area is 128 Å². The average Bonchev–Trinajstić information content (AvgIpc) is 2.93. The number of piperidine rings is 1. The predicted molar refractivity (Wildman–Crippen MR) is 83.0 cm³/mol. The molecule has 1 N–H and O–H groups in total. The molecule has 0 aliphatic carbocycles. The van der Waals surface area contributed by atoms with E-state index in [9.17, 15) is 0 Å². The zero-order chi connectivity index (χ0) is 14.7. The molecule has 3 rings (SSSR count). The lowest BCUT2D eigenvalue weighted by molar-refractivity contribution is 0.526. The molecule has 1 fully saturated rings. The van der Waals surface area contributed by atoms with E-state index in [4.69, 9.17) is 4.42 Å². The topological polar surface area (TPSA) is 67.1 Å². The standard InChI is InChI=1S/C14H19N5OS/c1-10-11(6-9-20-10)21-14-17-12(15-2)16-13(18-14)19-7-4-3-5-8-19/h6,9H,3-5,7-8H2,1-2H3,(H,15,16,17,18). The molecule has 6 nitrogen and oxygen atoms in total. The van der Waals surface area contributed by atoms with Gasteiger partial charge in [-0.15, -0.1) is 0 Å². The van der Waals surface area contributed by atoms with Gasteiger partial charge in [0.2, 0.25) is 11.9 Å². The van der Waals surface area contributed by atoms with E-state index in [2.05, 4.69) is 25.2 Å². The maximum Gasteiger partial charge on any atom is 0.231 e. The Morgan fingerprint density at radius 1 is 1.19 bits per heavy atom. The van der Waals surface area contributed by atoms with Gasteiger partial charge in [-0.05, 0) is 44.0 Å². The first-order valence-corrected chi connectivity index (χ1v) is 7.98. The van der Waals surface area contributed by atoms with E-state index >= 15 is 0 Å². The number of aromatic nitrogens is 3. The molecule has 0 bridgehead atoms. The smallest absolute Gasteiger partial charge is 0.231 e. The average molecular weight is 305 g/mol. The third-order valence-corrected chi connectivity index (χ3v) is 4.49. The first-order chi connectivity index (χ1) is 10.3. The minimum atomic E-state index is 0.606. The molecule has 1 aliphatic heterocycles. The molecule has 1 aliphatic rings. The van der Waals surface area contributed by atoms with Gasteiger partial charge in [-0.1, -0.05) is 0 Å². The number of rotatable bonds is 4. The van der Waals surface area contributed by atoms with E-state index in [-0.39, 0.29) is 0 Å². The van der Waals surface area contributed by atoms with Crippen LogP contribution in [0.1, 0.15) is 25.0 Å². The molecule has 21 heavy (non-hydrogen) atoms. The molecular formula is C14H19N5OS. The van der Waals surface area contributed by atoms with E-state index in [0.29, 0.717) is 11.1 Å². The first-order valence-electron chi connectivity index (χ1n) is 7.17. The van der Waals surface area contributed by atoms with Gasteiger partial charge in [0.15, 0.2) is 5.16 Å². The highest BCUT2D eigenvalue weighted by atomic mass is 32.2. The SMILES string of the molecule is CNc1nc(Sc2ccoc2C)nc(N2CCCCC2)n1. The van der Waals surface area contributed by atoms with Gasteiger partial charge < -0.3 is 14.6 Å². The zero-order valence-electron chi connectivity index (χ0n) is 12.3. The van der Waals surface area contributed by atoms with Crippen molar-refractivity contribution < 1.29 is 4.42 Å². The largest absolute Gasteiger partial charge is 0.468 e. The fraction of sp³-hybridized carbons (Fsp3) is 0.500. The Kier molecular flexibility index (Phi) is 4.28.